The zero-order chi connectivity index (χ0) is 17.2. The number of rotatable bonds is 4. The number of hydrogen-bond acceptors (Lipinski definition) is 4. The van der Waals surface area contributed by atoms with Gasteiger partial charge in [-0.25, -0.2) is 9.78 Å². The van der Waals surface area contributed by atoms with E-state index in [4.69, 9.17) is 4.74 Å². The van der Waals surface area contributed by atoms with E-state index in [1.54, 1.807) is 0 Å². The third-order valence-corrected chi connectivity index (χ3v) is 5.55. The number of ether oxygens (including phenoxy) is 1. The average molecular weight is 344 g/mol. The number of amides is 2. The van der Waals surface area contributed by atoms with Crippen LogP contribution in [0.25, 0.3) is 0 Å². The molecule has 0 aromatic carbocycles. The molecule has 2 N–H and O–H groups in total. The molecule has 3 aliphatic rings. The third kappa shape index (κ3) is 4.06. The predicted octanol–water partition coefficient (Wildman–Crippen LogP) is 3.07. The highest BCUT2D eigenvalue weighted by atomic mass is 16.5. The molecule has 1 saturated carbocycles. The van der Waals surface area contributed by atoms with Crippen LogP contribution in [0, 0.1) is 12.8 Å². The van der Waals surface area contributed by atoms with E-state index in [1.807, 2.05) is 19.1 Å². The topological polar surface area (TPSA) is 66.5 Å². The van der Waals surface area contributed by atoms with Crippen LogP contribution in [-0.4, -0.2) is 42.9 Å². The molecule has 1 aliphatic carbocycles. The maximum absolute atomic E-state index is 12.4. The Morgan fingerprint density at radius 3 is 2.76 bits per heavy atom. The number of aryl methyl sites for hydroxylation is 1. The van der Waals surface area contributed by atoms with Gasteiger partial charge in [0, 0.05) is 25.7 Å². The number of carbonyl (C=O) groups is 1. The molecule has 3 heterocycles. The molecule has 1 aromatic rings. The number of pyridine rings is 1. The summed E-state index contributed by atoms with van der Waals surface area (Å²) in [5.41, 5.74) is 1.65. The van der Waals surface area contributed by atoms with E-state index in [0.29, 0.717) is 6.10 Å². The zero-order valence-corrected chi connectivity index (χ0v) is 15.0. The Morgan fingerprint density at radius 2 is 2.04 bits per heavy atom. The van der Waals surface area contributed by atoms with Crippen LogP contribution in [0.2, 0.25) is 0 Å². The van der Waals surface area contributed by atoms with Gasteiger partial charge in [-0.2, -0.15) is 0 Å². The number of aromatic nitrogens is 1. The summed E-state index contributed by atoms with van der Waals surface area (Å²) in [6.07, 6.45) is 7.18. The van der Waals surface area contributed by atoms with Crippen molar-refractivity contribution in [2.24, 2.45) is 5.92 Å². The van der Waals surface area contributed by atoms with Gasteiger partial charge in [0.2, 0.25) is 0 Å². The molecule has 25 heavy (non-hydrogen) atoms. The molecule has 0 radical (unpaired) electrons. The van der Waals surface area contributed by atoms with E-state index in [0.717, 1.165) is 55.7 Å². The van der Waals surface area contributed by atoms with Crippen molar-refractivity contribution in [1.29, 1.82) is 0 Å². The Hall–Kier alpha value is -1.82. The van der Waals surface area contributed by atoms with Crippen molar-refractivity contribution in [2.45, 2.75) is 57.6 Å². The Balaban J connectivity index is 1.32. The van der Waals surface area contributed by atoms with Crippen molar-refractivity contribution in [2.75, 3.05) is 29.9 Å². The van der Waals surface area contributed by atoms with Gasteiger partial charge in [-0.1, -0.05) is 0 Å². The number of nitrogens with zero attached hydrogens (tertiary/aromatic N) is 2. The van der Waals surface area contributed by atoms with Crippen molar-refractivity contribution < 1.29 is 9.53 Å². The normalized spacial score (nSPS) is 26.5. The number of anilines is 2. The van der Waals surface area contributed by atoms with Crippen LogP contribution in [0.1, 0.15) is 44.2 Å². The van der Waals surface area contributed by atoms with Gasteiger partial charge in [0.15, 0.2) is 0 Å². The van der Waals surface area contributed by atoms with E-state index in [1.165, 1.54) is 25.7 Å². The summed E-state index contributed by atoms with van der Waals surface area (Å²) in [6.45, 7) is 4.85. The van der Waals surface area contributed by atoms with Gasteiger partial charge < -0.3 is 20.3 Å². The second-order valence-corrected chi connectivity index (χ2v) is 7.56. The van der Waals surface area contributed by atoms with Gasteiger partial charge >= 0.3 is 6.03 Å². The molecule has 1 aromatic heterocycles. The molecule has 0 bridgehead atoms. The molecule has 6 nitrogen and oxygen atoms in total. The fraction of sp³-hybridized carbons (Fsp3) is 0.684. The van der Waals surface area contributed by atoms with E-state index >= 15 is 0 Å². The Morgan fingerprint density at radius 1 is 1.24 bits per heavy atom. The molecular weight excluding hydrogens is 316 g/mol. The summed E-state index contributed by atoms with van der Waals surface area (Å²) in [6, 6.07) is 4.04. The summed E-state index contributed by atoms with van der Waals surface area (Å²) in [5, 5.41) is 6.07. The smallest absolute Gasteiger partial charge is 0.319 e. The second-order valence-electron chi connectivity index (χ2n) is 7.56. The lowest BCUT2D eigenvalue weighted by Gasteiger charge is -2.30. The van der Waals surface area contributed by atoms with Crippen LogP contribution in [0.15, 0.2) is 12.1 Å². The van der Waals surface area contributed by atoms with Crippen molar-refractivity contribution in [3.8, 4) is 0 Å². The molecule has 2 amide bonds. The minimum atomic E-state index is -0.139. The lowest BCUT2D eigenvalue weighted by Crippen LogP contribution is -2.44. The molecule has 2 atom stereocenters. The van der Waals surface area contributed by atoms with E-state index in [-0.39, 0.29) is 12.1 Å². The highest BCUT2D eigenvalue weighted by molar-refractivity contribution is 5.90. The monoisotopic (exact) mass is 344 g/mol. The predicted molar refractivity (Wildman–Crippen MR) is 98.1 cm³/mol. The van der Waals surface area contributed by atoms with Gasteiger partial charge in [-0.15, -0.1) is 0 Å². The molecule has 4 rings (SSSR count). The van der Waals surface area contributed by atoms with E-state index < -0.39 is 0 Å². The fourth-order valence-corrected chi connectivity index (χ4v) is 3.90. The van der Waals surface area contributed by atoms with Crippen molar-refractivity contribution in [3.05, 3.63) is 17.8 Å². The van der Waals surface area contributed by atoms with Crippen LogP contribution in [0.4, 0.5) is 16.3 Å². The first kappa shape index (κ1) is 16.6. The molecule has 2 aliphatic heterocycles. The standard InChI is InChI=1S/C19H28N4O2/c1-13-16(6-7-18(20-13)23-9-2-3-10-23)22-19(24)21-15-8-11-25-17(12-15)14-4-5-14/h6-7,14-15,17H,2-5,8-12H2,1H3,(H2,21,22,24). The van der Waals surface area contributed by atoms with Crippen LogP contribution >= 0.6 is 0 Å². The third-order valence-electron chi connectivity index (χ3n) is 5.55. The second kappa shape index (κ2) is 7.20. The minimum Gasteiger partial charge on any atom is -0.378 e. The van der Waals surface area contributed by atoms with Gasteiger partial charge in [0.05, 0.1) is 17.5 Å². The van der Waals surface area contributed by atoms with Gasteiger partial charge in [0.25, 0.3) is 0 Å². The van der Waals surface area contributed by atoms with Gasteiger partial charge in [-0.3, -0.25) is 0 Å². The largest absolute Gasteiger partial charge is 0.378 e. The van der Waals surface area contributed by atoms with E-state index in [2.05, 4.69) is 20.5 Å². The summed E-state index contributed by atoms with van der Waals surface area (Å²) in [4.78, 5) is 19.3. The van der Waals surface area contributed by atoms with Gasteiger partial charge in [-0.05, 0) is 63.5 Å². The molecule has 3 fully saturated rings. The molecule has 6 heteroatoms. The van der Waals surface area contributed by atoms with Crippen LogP contribution in [-0.2, 0) is 4.74 Å². The minimum absolute atomic E-state index is 0.139. The first-order chi connectivity index (χ1) is 12.2. The van der Waals surface area contributed by atoms with Crippen LogP contribution in [0.5, 0.6) is 0 Å². The van der Waals surface area contributed by atoms with Crippen molar-refractivity contribution in [1.82, 2.24) is 10.3 Å². The lowest BCUT2D eigenvalue weighted by atomic mass is 10.0. The maximum Gasteiger partial charge on any atom is 0.319 e. The summed E-state index contributed by atoms with van der Waals surface area (Å²) in [5.74, 6) is 1.73. The first-order valence-corrected chi connectivity index (χ1v) is 9.61. The number of hydrogen-bond donors (Lipinski definition) is 2. The molecule has 2 unspecified atom stereocenters. The summed E-state index contributed by atoms with van der Waals surface area (Å²) < 4.78 is 5.83. The maximum atomic E-state index is 12.4. The molecule has 136 valence electrons. The lowest BCUT2D eigenvalue weighted by molar-refractivity contribution is -0.00889. The van der Waals surface area contributed by atoms with Crippen LogP contribution in [0.3, 0.4) is 0 Å². The molecule has 0 spiro atoms. The highest BCUT2D eigenvalue weighted by Gasteiger charge is 2.36. The first-order valence-electron chi connectivity index (χ1n) is 9.61. The van der Waals surface area contributed by atoms with Crippen LogP contribution < -0.4 is 15.5 Å². The van der Waals surface area contributed by atoms with Crippen molar-refractivity contribution in [3.63, 3.8) is 0 Å². The number of nitrogens with one attached hydrogen (secondary N) is 2. The highest BCUT2D eigenvalue weighted by Crippen LogP contribution is 2.38. The Labute approximate surface area is 149 Å². The van der Waals surface area contributed by atoms with Gasteiger partial charge in [0.1, 0.15) is 5.82 Å². The van der Waals surface area contributed by atoms with Crippen molar-refractivity contribution >= 4 is 17.5 Å². The zero-order valence-electron chi connectivity index (χ0n) is 15.0. The molecular formula is C19H28N4O2. The number of carbonyl (C=O) groups excluding carboxylic acids is 1. The Bertz CT molecular complexity index is 626. The summed E-state index contributed by atoms with van der Waals surface area (Å²) in [7, 11) is 0. The number of urea groups is 1. The average Bonchev–Trinajstić information content (AvgIpc) is 3.31. The quantitative estimate of drug-likeness (QED) is 0.881. The SMILES string of the molecule is Cc1nc(N2CCCC2)ccc1NC(=O)NC1CCOC(C2CC2)C1. The van der Waals surface area contributed by atoms with E-state index in [9.17, 15) is 4.79 Å². The fourth-order valence-electron chi connectivity index (χ4n) is 3.90. The Kier molecular flexibility index (Phi) is 4.79. The summed E-state index contributed by atoms with van der Waals surface area (Å²) >= 11 is 0. The molecule has 2 saturated heterocycles.